The van der Waals surface area contributed by atoms with Crippen LogP contribution in [-0.4, -0.2) is 36.5 Å². The van der Waals surface area contributed by atoms with Gasteiger partial charge in [-0.1, -0.05) is 6.07 Å². The van der Waals surface area contributed by atoms with Crippen molar-refractivity contribution in [3.05, 3.63) is 35.1 Å². The molecule has 1 aromatic carbocycles. The number of hydrogen-bond acceptors (Lipinski definition) is 3. The summed E-state index contributed by atoms with van der Waals surface area (Å²) in [4.78, 5) is 13.6. The van der Waals surface area contributed by atoms with Crippen LogP contribution in [-0.2, 0) is 0 Å². The van der Waals surface area contributed by atoms with E-state index in [0.29, 0.717) is 19.6 Å². The van der Waals surface area contributed by atoms with Gasteiger partial charge in [-0.05, 0) is 24.6 Å². The van der Waals surface area contributed by atoms with Crippen molar-refractivity contribution in [1.82, 2.24) is 10.2 Å². The third-order valence-corrected chi connectivity index (χ3v) is 3.01. The molecule has 1 unspecified atom stereocenters. The molecule has 5 heteroatoms. The number of benzene rings is 1. The van der Waals surface area contributed by atoms with Crippen LogP contribution in [0.5, 0.6) is 0 Å². The second kappa shape index (κ2) is 5.15. The smallest absolute Gasteiger partial charge is 0.257 e. The molecule has 1 atom stereocenters. The molecule has 0 spiro atoms. The van der Waals surface area contributed by atoms with E-state index in [1.54, 1.807) is 13.0 Å². The van der Waals surface area contributed by atoms with E-state index < -0.39 is 17.8 Å². The number of aryl methyl sites for hydroxylation is 1. The largest absolute Gasteiger partial charge is 0.320 e. The maximum Gasteiger partial charge on any atom is 0.257 e. The first-order valence-electron chi connectivity index (χ1n) is 5.81. The number of nitriles is 1. The fourth-order valence-corrected chi connectivity index (χ4v) is 2.01. The van der Waals surface area contributed by atoms with Crippen molar-refractivity contribution in [2.45, 2.75) is 13.0 Å². The lowest BCUT2D eigenvalue weighted by atomic mass is 10.1. The average molecular weight is 247 g/mol. The van der Waals surface area contributed by atoms with E-state index in [4.69, 9.17) is 5.26 Å². The fourth-order valence-electron chi connectivity index (χ4n) is 2.01. The first-order valence-corrected chi connectivity index (χ1v) is 5.81. The van der Waals surface area contributed by atoms with Crippen LogP contribution in [0, 0.1) is 24.1 Å². The molecule has 1 N–H and O–H groups in total. The van der Waals surface area contributed by atoms with Crippen LogP contribution in [0.2, 0.25) is 0 Å². The Kier molecular flexibility index (Phi) is 3.58. The highest BCUT2D eigenvalue weighted by molar-refractivity contribution is 5.95. The molecule has 18 heavy (non-hydrogen) atoms. The molecule has 94 valence electrons. The molecular weight excluding hydrogens is 233 g/mol. The minimum Gasteiger partial charge on any atom is -0.320 e. The SMILES string of the molecule is Cc1ccc(C(=O)N2CCNCC2C#N)c(F)c1. The van der Waals surface area contributed by atoms with Gasteiger partial charge in [0.05, 0.1) is 11.6 Å². The van der Waals surface area contributed by atoms with Gasteiger partial charge in [-0.15, -0.1) is 0 Å². The molecule has 1 amide bonds. The van der Waals surface area contributed by atoms with Crippen LogP contribution in [0.4, 0.5) is 4.39 Å². The lowest BCUT2D eigenvalue weighted by Gasteiger charge is -2.32. The van der Waals surface area contributed by atoms with Gasteiger partial charge in [0.25, 0.3) is 5.91 Å². The molecule has 4 nitrogen and oxygen atoms in total. The quantitative estimate of drug-likeness (QED) is 0.807. The van der Waals surface area contributed by atoms with Crippen LogP contribution in [0.1, 0.15) is 15.9 Å². The molecule has 1 heterocycles. The predicted octanol–water partition coefficient (Wildman–Crippen LogP) is 1.07. The summed E-state index contributed by atoms with van der Waals surface area (Å²) in [6.07, 6.45) is 0. The van der Waals surface area contributed by atoms with Crippen LogP contribution in [0.15, 0.2) is 18.2 Å². The molecule has 0 aromatic heterocycles. The summed E-state index contributed by atoms with van der Waals surface area (Å²) < 4.78 is 13.7. The Morgan fingerprint density at radius 1 is 1.61 bits per heavy atom. The standard InChI is InChI=1S/C13H14FN3O/c1-9-2-3-11(12(14)6-9)13(18)17-5-4-16-8-10(17)7-15/h2-3,6,10,16H,4-5,8H2,1H3. The first-order chi connectivity index (χ1) is 8.63. The van der Waals surface area contributed by atoms with Crippen molar-refractivity contribution in [2.75, 3.05) is 19.6 Å². The molecule has 1 aliphatic heterocycles. The zero-order valence-corrected chi connectivity index (χ0v) is 10.1. The predicted molar refractivity (Wildman–Crippen MR) is 64.4 cm³/mol. The molecule has 1 saturated heterocycles. The number of amides is 1. The van der Waals surface area contributed by atoms with E-state index in [0.717, 1.165) is 5.56 Å². The maximum absolute atomic E-state index is 13.7. The first kappa shape index (κ1) is 12.5. The summed E-state index contributed by atoms with van der Waals surface area (Å²) in [7, 11) is 0. The highest BCUT2D eigenvalue weighted by atomic mass is 19.1. The Morgan fingerprint density at radius 2 is 2.39 bits per heavy atom. The molecule has 0 saturated carbocycles. The van der Waals surface area contributed by atoms with E-state index >= 15 is 0 Å². The summed E-state index contributed by atoms with van der Waals surface area (Å²) in [6, 6.07) is 6.02. The lowest BCUT2D eigenvalue weighted by Crippen LogP contribution is -2.53. The minimum atomic E-state index is -0.535. The normalized spacial score (nSPS) is 19.4. The molecule has 0 aliphatic carbocycles. The monoisotopic (exact) mass is 247 g/mol. The van der Waals surface area contributed by atoms with Gasteiger partial charge >= 0.3 is 0 Å². The van der Waals surface area contributed by atoms with Crippen LogP contribution in [0.25, 0.3) is 0 Å². The average Bonchev–Trinajstić information content (AvgIpc) is 2.38. The van der Waals surface area contributed by atoms with E-state index in [-0.39, 0.29) is 5.56 Å². The van der Waals surface area contributed by atoms with Crippen molar-refractivity contribution in [1.29, 1.82) is 5.26 Å². The van der Waals surface area contributed by atoms with E-state index in [1.165, 1.54) is 17.0 Å². The van der Waals surface area contributed by atoms with Gasteiger partial charge < -0.3 is 10.2 Å². The van der Waals surface area contributed by atoms with Crippen LogP contribution < -0.4 is 5.32 Å². The molecule has 0 bridgehead atoms. The molecule has 2 rings (SSSR count). The highest BCUT2D eigenvalue weighted by Crippen LogP contribution is 2.15. The summed E-state index contributed by atoms with van der Waals surface area (Å²) in [6.45, 7) is 3.23. The van der Waals surface area contributed by atoms with Crippen molar-refractivity contribution in [3.63, 3.8) is 0 Å². The van der Waals surface area contributed by atoms with Crippen LogP contribution in [0.3, 0.4) is 0 Å². The summed E-state index contributed by atoms with van der Waals surface area (Å²) in [5, 5.41) is 12.0. The van der Waals surface area contributed by atoms with Gasteiger partial charge in [0.15, 0.2) is 0 Å². The Bertz CT molecular complexity index is 509. The molecule has 1 aromatic rings. The molecule has 1 fully saturated rings. The summed E-state index contributed by atoms with van der Waals surface area (Å²) in [5.74, 6) is -0.948. The summed E-state index contributed by atoms with van der Waals surface area (Å²) >= 11 is 0. The number of carbonyl (C=O) groups excluding carboxylic acids is 1. The highest BCUT2D eigenvalue weighted by Gasteiger charge is 2.28. The second-order valence-electron chi connectivity index (χ2n) is 4.33. The number of nitrogens with zero attached hydrogens (tertiary/aromatic N) is 2. The van der Waals surface area contributed by atoms with Gasteiger partial charge in [0, 0.05) is 19.6 Å². The number of hydrogen-bond donors (Lipinski definition) is 1. The minimum absolute atomic E-state index is 0.0303. The van der Waals surface area contributed by atoms with Crippen molar-refractivity contribution in [2.24, 2.45) is 0 Å². The number of nitrogens with one attached hydrogen (secondary N) is 1. The Balaban J connectivity index is 2.27. The van der Waals surface area contributed by atoms with E-state index in [1.807, 2.05) is 0 Å². The van der Waals surface area contributed by atoms with E-state index in [2.05, 4.69) is 11.4 Å². The van der Waals surface area contributed by atoms with Crippen molar-refractivity contribution in [3.8, 4) is 6.07 Å². The zero-order chi connectivity index (χ0) is 13.1. The second-order valence-corrected chi connectivity index (χ2v) is 4.33. The van der Waals surface area contributed by atoms with Gasteiger partial charge in [-0.3, -0.25) is 4.79 Å². The number of carbonyl (C=O) groups is 1. The topological polar surface area (TPSA) is 56.1 Å². The van der Waals surface area contributed by atoms with Crippen molar-refractivity contribution < 1.29 is 9.18 Å². The number of rotatable bonds is 1. The molecule has 0 radical (unpaired) electrons. The maximum atomic E-state index is 13.7. The van der Waals surface area contributed by atoms with Gasteiger partial charge in [-0.25, -0.2) is 4.39 Å². The summed E-state index contributed by atoms with van der Waals surface area (Å²) in [5.41, 5.74) is 0.795. The zero-order valence-electron chi connectivity index (χ0n) is 10.1. The van der Waals surface area contributed by atoms with Crippen LogP contribution >= 0.6 is 0 Å². The van der Waals surface area contributed by atoms with Gasteiger partial charge in [-0.2, -0.15) is 5.26 Å². The van der Waals surface area contributed by atoms with Gasteiger partial charge in [0.1, 0.15) is 11.9 Å². The van der Waals surface area contributed by atoms with E-state index in [9.17, 15) is 9.18 Å². The number of piperazine rings is 1. The van der Waals surface area contributed by atoms with Gasteiger partial charge in [0.2, 0.25) is 0 Å². The number of halogens is 1. The molecule has 1 aliphatic rings. The third kappa shape index (κ3) is 2.34. The third-order valence-electron chi connectivity index (χ3n) is 3.01. The fraction of sp³-hybridized carbons (Fsp3) is 0.385. The Labute approximate surface area is 105 Å². The lowest BCUT2D eigenvalue weighted by molar-refractivity contribution is 0.0682. The Morgan fingerprint density at radius 3 is 3.06 bits per heavy atom. The Hall–Kier alpha value is -1.93. The molecular formula is C13H14FN3O. The van der Waals surface area contributed by atoms with Crippen molar-refractivity contribution >= 4 is 5.91 Å².